The zero-order chi connectivity index (χ0) is 63.5. The van der Waals surface area contributed by atoms with Crippen LogP contribution >= 0.6 is 0 Å². The highest BCUT2D eigenvalue weighted by atomic mass is 16.3. The first-order valence-electron chi connectivity index (χ1n) is 32.5. The molecule has 0 bridgehead atoms. The summed E-state index contributed by atoms with van der Waals surface area (Å²) in [5, 5.41) is 8.78. The standard InChI is InChI=1S/C88H56N6O2/c1-53-39-49-73-69(51-53)61-25-11-15-33-71(61)93(73)59-45-41-55(42-46-59)84-82(67-31-19-37-77-79(67)65-29-13-17-35-75(65)95-77)81(63-27-9-10-28-64(63)88-91-86(57-21-5-3-6-22-57)90-87(92-88)58-23-7-4-8-24-58)83(68-32-20-38-78-80(68)66-30-14-18-36-76(66)96-78)85(89-84)56-43-47-60(48-44-56)94-72-34-16-12-26-62(72)70-52-54(2)40-50-74(70)94/h3-52H,1-2H3. The topological polar surface area (TPSA) is 87.7 Å². The van der Waals surface area contributed by atoms with Gasteiger partial charge in [0, 0.05) is 99.0 Å². The van der Waals surface area contributed by atoms with Crippen molar-refractivity contribution in [3.8, 4) is 101 Å². The summed E-state index contributed by atoms with van der Waals surface area (Å²) >= 11 is 0. The van der Waals surface area contributed by atoms with E-state index in [9.17, 15) is 0 Å². The van der Waals surface area contributed by atoms with Gasteiger partial charge in [0.05, 0.1) is 33.5 Å². The van der Waals surface area contributed by atoms with Crippen molar-refractivity contribution in [2.45, 2.75) is 13.8 Å². The van der Waals surface area contributed by atoms with E-state index in [0.717, 1.165) is 150 Å². The van der Waals surface area contributed by atoms with Gasteiger partial charge in [0.2, 0.25) is 0 Å². The molecule has 6 aromatic heterocycles. The number of hydrogen-bond acceptors (Lipinski definition) is 6. The van der Waals surface area contributed by atoms with Crippen LogP contribution in [0.15, 0.2) is 312 Å². The molecule has 8 nitrogen and oxygen atoms in total. The lowest BCUT2D eigenvalue weighted by atomic mass is 9.80. The number of nitrogens with zero attached hydrogens (tertiary/aromatic N) is 6. The highest BCUT2D eigenvalue weighted by molar-refractivity contribution is 6.21. The van der Waals surface area contributed by atoms with Gasteiger partial charge >= 0.3 is 0 Å². The lowest BCUT2D eigenvalue weighted by Gasteiger charge is -2.25. The van der Waals surface area contributed by atoms with Crippen molar-refractivity contribution in [1.82, 2.24) is 29.1 Å². The number of aromatic nitrogens is 6. The summed E-state index contributed by atoms with van der Waals surface area (Å²) < 4.78 is 18.5. The predicted octanol–water partition coefficient (Wildman–Crippen LogP) is 23.2. The summed E-state index contributed by atoms with van der Waals surface area (Å²) in [6, 6.07) is 108. The molecule has 19 rings (SSSR count). The second-order valence-electron chi connectivity index (χ2n) is 24.9. The maximum atomic E-state index is 6.88. The number of benzene rings is 13. The summed E-state index contributed by atoms with van der Waals surface area (Å²) in [5.74, 6) is 1.64. The summed E-state index contributed by atoms with van der Waals surface area (Å²) in [6.07, 6.45) is 0. The molecule has 8 heteroatoms. The molecule has 0 aliphatic heterocycles. The summed E-state index contributed by atoms with van der Waals surface area (Å²) in [5.41, 5.74) is 23.6. The van der Waals surface area contributed by atoms with Crippen molar-refractivity contribution in [3.05, 3.63) is 314 Å². The smallest absolute Gasteiger partial charge is 0.164 e. The second kappa shape index (κ2) is 21.9. The first-order chi connectivity index (χ1) is 47.4. The first-order valence-corrected chi connectivity index (χ1v) is 32.5. The number of pyridine rings is 1. The monoisotopic (exact) mass is 1230 g/mol. The quantitative estimate of drug-likeness (QED) is 0.136. The largest absolute Gasteiger partial charge is 0.456 e. The molecule has 0 unspecified atom stereocenters. The van der Waals surface area contributed by atoms with Crippen LogP contribution in [0.1, 0.15) is 11.1 Å². The van der Waals surface area contributed by atoms with Gasteiger partial charge in [-0.1, -0.05) is 230 Å². The van der Waals surface area contributed by atoms with Crippen molar-refractivity contribution >= 4 is 87.5 Å². The van der Waals surface area contributed by atoms with Crippen LogP contribution in [0.5, 0.6) is 0 Å². The zero-order valence-electron chi connectivity index (χ0n) is 52.4. The Labute approximate surface area is 551 Å². The van der Waals surface area contributed by atoms with Crippen molar-refractivity contribution in [2.75, 3.05) is 0 Å². The Balaban J connectivity index is 0.973. The van der Waals surface area contributed by atoms with Crippen LogP contribution < -0.4 is 0 Å². The minimum Gasteiger partial charge on any atom is -0.456 e. The van der Waals surface area contributed by atoms with Crippen LogP contribution in [0, 0.1) is 13.8 Å². The fourth-order valence-electron chi connectivity index (χ4n) is 14.9. The van der Waals surface area contributed by atoms with E-state index in [2.05, 4.69) is 278 Å². The van der Waals surface area contributed by atoms with Crippen LogP contribution in [0.25, 0.3) is 189 Å². The lowest BCUT2D eigenvalue weighted by Crippen LogP contribution is -2.05. The molecular weight excluding hydrogens is 1170 g/mol. The molecule has 0 fully saturated rings. The molecule has 0 aliphatic carbocycles. The minimum absolute atomic E-state index is 0.519. The first kappa shape index (κ1) is 54.9. The van der Waals surface area contributed by atoms with Crippen LogP contribution in [0.4, 0.5) is 0 Å². The highest BCUT2D eigenvalue weighted by Crippen LogP contribution is 2.55. The molecule has 13 aromatic carbocycles. The number of para-hydroxylation sites is 4. The Morgan fingerprint density at radius 2 is 0.625 bits per heavy atom. The molecule has 19 aromatic rings. The Morgan fingerprint density at radius 1 is 0.250 bits per heavy atom. The molecule has 0 saturated carbocycles. The molecule has 0 N–H and O–H groups in total. The fourth-order valence-corrected chi connectivity index (χ4v) is 14.9. The van der Waals surface area contributed by atoms with Gasteiger partial charge in [0.15, 0.2) is 17.5 Å². The summed E-state index contributed by atoms with van der Waals surface area (Å²) in [6.45, 7) is 4.33. The van der Waals surface area contributed by atoms with E-state index in [1.54, 1.807) is 0 Å². The van der Waals surface area contributed by atoms with Crippen LogP contribution in [0.2, 0.25) is 0 Å². The van der Waals surface area contributed by atoms with Crippen molar-refractivity contribution in [3.63, 3.8) is 0 Å². The van der Waals surface area contributed by atoms with Gasteiger partial charge in [0.1, 0.15) is 22.3 Å². The van der Waals surface area contributed by atoms with Crippen molar-refractivity contribution in [2.24, 2.45) is 0 Å². The highest BCUT2D eigenvalue weighted by Gasteiger charge is 2.32. The normalized spacial score (nSPS) is 11.9. The molecule has 6 heterocycles. The number of rotatable bonds is 10. The molecule has 0 amide bonds. The third kappa shape index (κ3) is 8.76. The molecule has 96 heavy (non-hydrogen) atoms. The van der Waals surface area contributed by atoms with Gasteiger partial charge in [0.25, 0.3) is 0 Å². The third-order valence-corrected chi connectivity index (χ3v) is 19.1. The molecule has 450 valence electrons. The van der Waals surface area contributed by atoms with E-state index in [-0.39, 0.29) is 0 Å². The molecule has 0 radical (unpaired) electrons. The van der Waals surface area contributed by atoms with E-state index in [4.69, 9.17) is 28.8 Å². The van der Waals surface area contributed by atoms with E-state index < -0.39 is 0 Å². The third-order valence-electron chi connectivity index (χ3n) is 19.1. The summed E-state index contributed by atoms with van der Waals surface area (Å²) in [7, 11) is 0. The van der Waals surface area contributed by atoms with Crippen molar-refractivity contribution < 1.29 is 8.83 Å². The number of fused-ring (bicyclic) bond motifs is 12. The maximum Gasteiger partial charge on any atom is 0.164 e. The molecule has 0 atom stereocenters. The molecule has 0 aliphatic rings. The second-order valence-corrected chi connectivity index (χ2v) is 24.9. The van der Waals surface area contributed by atoms with Crippen LogP contribution in [-0.4, -0.2) is 29.1 Å². The van der Waals surface area contributed by atoms with E-state index in [1.165, 1.54) is 32.7 Å². The zero-order valence-corrected chi connectivity index (χ0v) is 52.4. The van der Waals surface area contributed by atoms with Gasteiger partial charge < -0.3 is 18.0 Å². The van der Waals surface area contributed by atoms with Gasteiger partial charge in [-0.15, -0.1) is 0 Å². The van der Waals surface area contributed by atoms with Gasteiger partial charge in [-0.05, 0) is 115 Å². The van der Waals surface area contributed by atoms with E-state index in [0.29, 0.717) is 17.5 Å². The van der Waals surface area contributed by atoms with E-state index in [1.807, 2.05) is 48.5 Å². The molecular formula is C88H56N6O2. The molecule has 0 spiro atoms. The Morgan fingerprint density at radius 3 is 1.10 bits per heavy atom. The van der Waals surface area contributed by atoms with Gasteiger partial charge in [-0.3, -0.25) is 0 Å². The predicted molar refractivity (Wildman–Crippen MR) is 394 cm³/mol. The number of aryl methyl sites for hydroxylation is 2. The van der Waals surface area contributed by atoms with E-state index >= 15 is 0 Å². The average Bonchev–Trinajstić information content (AvgIpc) is 1.31. The lowest BCUT2D eigenvalue weighted by molar-refractivity contribution is 0.668. The Kier molecular flexibility index (Phi) is 12.6. The average molecular weight is 1230 g/mol. The van der Waals surface area contributed by atoms with Gasteiger partial charge in [-0.2, -0.15) is 0 Å². The van der Waals surface area contributed by atoms with Gasteiger partial charge in [-0.25, -0.2) is 19.9 Å². The van der Waals surface area contributed by atoms with Crippen LogP contribution in [-0.2, 0) is 0 Å². The minimum atomic E-state index is 0.519. The maximum absolute atomic E-state index is 6.88. The number of furan rings is 2. The number of hydrogen-bond donors (Lipinski definition) is 0. The fraction of sp³-hybridized carbons (Fsp3) is 0.0227. The molecule has 0 saturated heterocycles. The SMILES string of the molecule is Cc1ccc2c(c1)c1ccccc1n2-c1ccc(-c2nc(-c3ccc(-n4c5ccccc5c5cc(C)ccc54)cc3)c(-c3cccc4oc5ccccc5c34)c(-c3ccccc3-c3nc(-c4ccccc4)nc(-c4ccccc4)n3)c2-c2cccc3oc4ccccc4c23)cc1. The Bertz CT molecular complexity index is 5980. The van der Waals surface area contributed by atoms with Crippen LogP contribution in [0.3, 0.4) is 0 Å². The Hall–Kier alpha value is -12.8. The van der Waals surface area contributed by atoms with Crippen molar-refractivity contribution in [1.29, 1.82) is 0 Å². The summed E-state index contributed by atoms with van der Waals surface area (Å²) in [4.78, 5) is 22.5.